The van der Waals surface area contributed by atoms with Crippen molar-refractivity contribution >= 4 is 23.1 Å². The fourth-order valence-electron chi connectivity index (χ4n) is 3.80. The topological polar surface area (TPSA) is 89.8 Å². The molecule has 0 radical (unpaired) electrons. The van der Waals surface area contributed by atoms with Crippen LogP contribution >= 0.6 is 0 Å². The fourth-order valence-corrected chi connectivity index (χ4v) is 3.80. The van der Waals surface area contributed by atoms with Gasteiger partial charge in [-0.1, -0.05) is 18.2 Å². The van der Waals surface area contributed by atoms with Gasteiger partial charge in [0.2, 0.25) is 5.91 Å². The van der Waals surface area contributed by atoms with Gasteiger partial charge in [-0.05, 0) is 49.2 Å². The molecule has 0 saturated heterocycles. The maximum absolute atomic E-state index is 11.2. The summed E-state index contributed by atoms with van der Waals surface area (Å²) in [7, 11) is 3.24. The molecule has 0 atom stereocenters. The van der Waals surface area contributed by atoms with Gasteiger partial charge in [0, 0.05) is 36.5 Å². The van der Waals surface area contributed by atoms with E-state index in [0.29, 0.717) is 18.0 Å². The molecular weight excluding hydrogens is 418 g/mol. The number of aromatic nitrogens is 3. The lowest BCUT2D eigenvalue weighted by atomic mass is 10.1. The molecule has 0 spiro atoms. The third-order valence-corrected chi connectivity index (χ3v) is 5.31. The number of aryl methyl sites for hydroxylation is 2. The summed E-state index contributed by atoms with van der Waals surface area (Å²) in [6.07, 6.45) is 0. The number of ether oxygens (including phenoxy) is 2. The Hall–Kier alpha value is -4.07. The Balaban J connectivity index is 1.67. The average molecular weight is 446 g/mol. The van der Waals surface area contributed by atoms with Gasteiger partial charge < -0.3 is 20.1 Å². The molecule has 4 rings (SSSR count). The van der Waals surface area contributed by atoms with E-state index in [1.807, 2.05) is 66.9 Å². The van der Waals surface area contributed by atoms with E-state index >= 15 is 0 Å². The van der Waals surface area contributed by atoms with Gasteiger partial charge in [0.05, 0.1) is 19.9 Å². The second kappa shape index (κ2) is 9.20. The number of carbonyl (C=O) groups is 1. The number of anilines is 2. The number of rotatable bonds is 7. The van der Waals surface area contributed by atoms with Crippen LogP contribution in [-0.2, 0) is 11.3 Å². The Morgan fingerprint density at radius 2 is 1.73 bits per heavy atom. The van der Waals surface area contributed by atoms with Gasteiger partial charge in [-0.3, -0.25) is 4.79 Å². The number of benzene rings is 2. The van der Waals surface area contributed by atoms with Crippen LogP contribution in [0.25, 0.3) is 16.8 Å². The minimum atomic E-state index is -0.0881. The normalized spacial score (nSPS) is 10.8. The lowest BCUT2D eigenvalue weighted by Crippen LogP contribution is -2.08. The summed E-state index contributed by atoms with van der Waals surface area (Å²) >= 11 is 0. The zero-order valence-electron chi connectivity index (χ0n) is 19.4. The molecule has 33 heavy (non-hydrogen) atoms. The molecule has 8 heteroatoms. The van der Waals surface area contributed by atoms with Crippen LogP contribution in [0.1, 0.15) is 23.9 Å². The van der Waals surface area contributed by atoms with Gasteiger partial charge in [-0.15, -0.1) is 0 Å². The predicted molar refractivity (Wildman–Crippen MR) is 129 cm³/mol. The molecule has 2 N–H and O–H groups in total. The summed E-state index contributed by atoms with van der Waals surface area (Å²) in [6.45, 7) is 6.03. The van der Waals surface area contributed by atoms with E-state index in [0.717, 1.165) is 45.2 Å². The second-order valence-electron chi connectivity index (χ2n) is 7.78. The van der Waals surface area contributed by atoms with Crippen molar-refractivity contribution in [1.82, 2.24) is 14.6 Å². The van der Waals surface area contributed by atoms with Crippen LogP contribution in [0.5, 0.6) is 11.5 Å². The van der Waals surface area contributed by atoms with Crippen LogP contribution in [0.15, 0.2) is 48.5 Å². The molecule has 1 amide bonds. The number of hydrogen-bond acceptors (Lipinski definition) is 6. The van der Waals surface area contributed by atoms with Crippen molar-refractivity contribution in [1.29, 1.82) is 0 Å². The van der Waals surface area contributed by atoms with E-state index in [9.17, 15) is 4.79 Å². The molecule has 0 bridgehead atoms. The summed E-state index contributed by atoms with van der Waals surface area (Å²) < 4.78 is 12.7. The summed E-state index contributed by atoms with van der Waals surface area (Å²) in [6, 6.07) is 15.5. The highest BCUT2D eigenvalue weighted by atomic mass is 16.5. The molecular formula is C25H27N5O3. The molecule has 0 unspecified atom stereocenters. The van der Waals surface area contributed by atoms with E-state index in [-0.39, 0.29) is 5.91 Å². The highest BCUT2D eigenvalue weighted by molar-refractivity contribution is 5.88. The molecule has 8 nitrogen and oxygen atoms in total. The molecule has 2 aromatic heterocycles. The molecule has 0 aliphatic heterocycles. The minimum Gasteiger partial charge on any atom is -0.493 e. The Labute approximate surface area is 192 Å². The zero-order chi connectivity index (χ0) is 23.5. The Kier molecular flexibility index (Phi) is 6.17. The van der Waals surface area contributed by atoms with E-state index in [2.05, 4.69) is 10.6 Å². The first-order valence-electron chi connectivity index (χ1n) is 10.6. The van der Waals surface area contributed by atoms with Crippen LogP contribution in [0.2, 0.25) is 0 Å². The number of hydrogen-bond donors (Lipinski definition) is 2. The standard InChI is InChI=1S/C25H27N5O3/c1-15-12-23(26-14-18-6-9-20(10-7-18)28-17(3)31)30-25(27-15)24(16(2)29-30)19-8-11-21(32-4)22(13-19)33-5/h6-13,26H,14H2,1-5H3,(H,28,31). The number of fused-ring (bicyclic) bond motifs is 1. The third-order valence-electron chi connectivity index (χ3n) is 5.31. The Morgan fingerprint density at radius 1 is 1.00 bits per heavy atom. The molecule has 170 valence electrons. The molecule has 2 aromatic carbocycles. The predicted octanol–water partition coefficient (Wildman–Crippen LogP) is 4.60. The second-order valence-corrected chi connectivity index (χ2v) is 7.78. The lowest BCUT2D eigenvalue weighted by molar-refractivity contribution is -0.114. The SMILES string of the molecule is COc1ccc(-c2c(C)nn3c(NCc4ccc(NC(C)=O)cc4)cc(C)nc23)cc1OC. The van der Waals surface area contributed by atoms with Crippen molar-refractivity contribution in [2.24, 2.45) is 0 Å². The quantitative estimate of drug-likeness (QED) is 0.432. The van der Waals surface area contributed by atoms with Gasteiger partial charge in [-0.2, -0.15) is 9.61 Å². The molecule has 4 aromatic rings. The van der Waals surface area contributed by atoms with Crippen molar-refractivity contribution in [2.45, 2.75) is 27.3 Å². The highest BCUT2D eigenvalue weighted by Gasteiger charge is 2.18. The van der Waals surface area contributed by atoms with Crippen molar-refractivity contribution in [3.8, 4) is 22.6 Å². The van der Waals surface area contributed by atoms with E-state index in [1.165, 1.54) is 6.92 Å². The van der Waals surface area contributed by atoms with Crippen LogP contribution in [0, 0.1) is 13.8 Å². The van der Waals surface area contributed by atoms with Gasteiger partial charge in [0.1, 0.15) is 5.82 Å². The number of nitrogens with one attached hydrogen (secondary N) is 2. The van der Waals surface area contributed by atoms with Crippen molar-refractivity contribution in [2.75, 3.05) is 24.9 Å². The highest BCUT2D eigenvalue weighted by Crippen LogP contribution is 2.35. The summed E-state index contributed by atoms with van der Waals surface area (Å²) in [4.78, 5) is 16.0. The van der Waals surface area contributed by atoms with Crippen LogP contribution in [0.3, 0.4) is 0 Å². The molecule has 0 aliphatic rings. The smallest absolute Gasteiger partial charge is 0.221 e. The Morgan fingerprint density at radius 3 is 2.39 bits per heavy atom. The van der Waals surface area contributed by atoms with Gasteiger partial charge in [0.25, 0.3) is 0 Å². The first-order valence-corrected chi connectivity index (χ1v) is 10.6. The lowest BCUT2D eigenvalue weighted by Gasteiger charge is -2.11. The number of amides is 1. The van der Waals surface area contributed by atoms with Gasteiger partial charge in [0.15, 0.2) is 17.1 Å². The third kappa shape index (κ3) is 4.59. The largest absolute Gasteiger partial charge is 0.493 e. The number of carbonyl (C=O) groups excluding carboxylic acids is 1. The summed E-state index contributed by atoms with van der Waals surface area (Å²) in [5.74, 6) is 2.09. The van der Waals surface area contributed by atoms with Crippen LogP contribution < -0.4 is 20.1 Å². The molecule has 2 heterocycles. The van der Waals surface area contributed by atoms with E-state index < -0.39 is 0 Å². The van der Waals surface area contributed by atoms with Crippen LogP contribution in [0.4, 0.5) is 11.5 Å². The van der Waals surface area contributed by atoms with E-state index in [1.54, 1.807) is 14.2 Å². The fraction of sp³-hybridized carbons (Fsp3) is 0.240. The van der Waals surface area contributed by atoms with Gasteiger partial charge in [-0.25, -0.2) is 4.98 Å². The molecule has 0 saturated carbocycles. The summed E-state index contributed by atoms with van der Waals surface area (Å²) in [5, 5.41) is 11.0. The molecule has 0 aliphatic carbocycles. The van der Waals surface area contributed by atoms with Crippen molar-refractivity contribution < 1.29 is 14.3 Å². The maximum atomic E-state index is 11.2. The minimum absolute atomic E-state index is 0.0881. The van der Waals surface area contributed by atoms with Crippen molar-refractivity contribution in [3.63, 3.8) is 0 Å². The van der Waals surface area contributed by atoms with Gasteiger partial charge >= 0.3 is 0 Å². The number of methoxy groups -OCH3 is 2. The van der Waals surface area contributed by atoms with Crippen LogP contribution in [-0.4, -0.2) is 34.7 Å². The Bertz CT molecular complexity index is 1310. The molecule has 0 fully saturated rings. The summed E-state index contributed by atoms with van der Waals surface area (Å²) in [5.41, 5.74) is 6.27. The monoisotopic (exact) mass is 445 g/mol. The van der Waals surface area contributed by atoms with E-state index in [4.69, 9.17) is 19.6 Å². The first kappa shape index (κ1) is 22.1. The first-order chi connectivity index (χ1) is 15.9. The maximum Gasteiger partial charge on any atom is 0.221 e. The number of nitrogens with zero attached hydrogens (tertiary/aromatic N) is 3. The van der Waals surface area contributed by atoms with Crippen molar-refractivity contribution in [3.05, 3.63) is 65.5 Å². The average Bonchev–Trinajstić information content (AvgIpc) is 3.13. The zero-order valence-corrected chi connectivity index (χ0v) is 19.4.